The van der Waals surface area contributed by atoms with Crippen LogP contribution in [0.15, 0.2) is 60.7 Å². The third kappa shape index (κ3) is 4.60. The maximum absolute atomic E-state index is 12.4. The molecule has 0 unspecified atom stereocenters. The largest absolute Gasteiger partial charge is 0.430 e. The number of hydrogen-bond donors (Lipinski definition) is 2. The number of benzene rings is 2. The molecule has 0 bridgehead atoms. The van der Waals surface area contributed by atoms with Gasteiger partial charge in [-0.3, -0.25) is 15.6 Å². The average molecular weight is 393 g/mol. The van der Waals surface area contributed by atoms with Gasteiger partial charge in [0.25, 0.3) is 0 Å². The number of carbonyl (C=O) groups excluding carboxylic acids is 1. The first-order valence-electron chi connectivity index (χ1n) is 10.2. The molecule has 0 radical (unpaired) electrons. The monoisotopic (exact) mass is 393 g/mol. The Morgan fingerprint density at radius 1 is 1.14 bits per heavy atom. The van der Waals surface area contributed by atoms with Gasteiger partial charge in [0.15, 0.2) is 0 Å². The van der Waals surface area contributed by atoms with Gasteiger partial charge in [0.2, 0.25) is 0 Å². The SMILES string of the molecule is CCCc1ccccc1NC(=O)ON1CCC2(C=C(c3ccccc3)NO2)CC1. The summed E-state index contributed by atoms with van der Waals surface area (Å²) < 4.78 is 0. The van der Waals surface area contributed by atoms with E-state index < -0.39 is 6.09 Å². The number of nitrogens with one attached hydrogen (secondary N) is 2. The lowest BCUT2D eigenvalue weighted by atomic mass is 9.91. The minimum atomic E-state index is -0.449. The van der Waals surface area contributed by atoms with Crippen molar-refractivity contribution in [3.63, 3.8) is 0 Å². The van der Waals surface area contributed by atoms with Gasteiger partial charge in [-0.25, -0.2) is 4.79 Å². The van der Waals surface area contributed by atoms with Crippen LogP contribution in [0.25, 0.3) is 5.70 Å². The molecule has 2 N–H and O–H groups in total. The van der Waals surface area contributed by atoms with E-state index in [1.54, 1.807) is 5.06 Å². The summed E-state index contributed by atoms with van der Waals surface area (Å²) >= 11 is 0. The van der Waals surface area contributed by atoms with Crippen LogP contribution >= 0.6 is 0 Å². The average Bonchev–Trinajstić information content (AvgIpc) is 3.16. The summed E-state index contributed by atoms with van der Waals surface area (Å²) in [4.78, 5) is 23.8. The highest BCUT2D eigenvalue weighted by molar-refractivity contribution is 5.85. The van der Waals surface area contributed by atoms with Crippen molar-refractivity contribution in [2.75, 3.05) is 18.4 Å². The summed E-state index contributed by atoms with van der Waals surface area (Å²) in [5.74, 6) is 0. The van der Waals surface area contributed by atoms with Gasteiger partial charge >= 0.3 is 6.09 Å². The second kappa shape index (κ2) is 8.68. The van der Waals surface area contributed by atoms with Gasteiger partial charge in [0.05, 0.1) is 5.70 Å². The van der Waals surface area contributed by atoms with Crippen molar-refractivity contribution in [2.45, 2.75) is 38.2 Å². The van der Waals surface area contributed by atoms with E-state index in [4.69, 9.17) is 9.68 Å². The first-order chi connectivity index (χ1) is 14.2. The molecular formula is C23H27N3O3. The molecule has 2 aromatic carbocycles. The van der Waals surface area contributed by atoms with Crippen LogP contribution in [0.5, 0.6) is 0 Å². The quantitative estimate of drug-likeness (QED) is 0.782. The number of amides is 1. The fraction of sp³-hybridized carbons (Fsp3) is 0.348. The maximum Gasteiger partial charge on any atom is 0.430 e. The maximum atomic E-state index is 12.4. The molecule has 2 heterocycles. The summed E-state index contributed by atoms with van der Waals surface area (Å²) in [5.41, 5.74) is 6.74. The van der Waals surface area contributed by atoms with Gasteiger partial charge in [-0.15, -0.1) is 5.06 Å². The van der Waals surface area contributed by atoms with Crippen LogP contribution in [0, 0.1) is 0 Å². The lowest BCUT2D eigenvalue weighted by molar-refractivity contribution is -0.153. The molecule has 6 heteroatoms. The Balaban J connectivity index is 1.31. The van der Waals surface area contributed by atoms with Crippen LogP contribution in [0.1, 0.15) is 37.3 Å². The van der Waals surface area contributed by atoms with Gasteiger partial charge < -0.3 is 4.84 Å². The highest BCUT2D eigenvalue weighted by Gasteiger charge is 2.39. The summed E-state index contributed by atoms with van der Waals surface area (Å²) in [6, 6.07) is 18.0. The number of hydrogen-bond acceptors (Lipinski definition) is 5. The molecule has 1 amide bonds. The molecule has 29 heavy (non-hydrogen) atoms. The van der Waals surface area contributed by atoms with Gasteiger partial charge in [-0.2, -0.15) is 0 Å². The van der Waals surface area contributed by atoms with E-state index in [1.807, 2.05) is 42.5 Å². The van der Waals surface area contributed by atoms with Crippen molar-refractivity contribution < 1.29 is 14.5 Å². The number of hydroxylamine groups is 3. The molecule has 0 aromatic heterocycles. The molecule has 0 atom stereocenters. The second-order valence-corrected chi connectivity index (χ2v) is 7.53. The molecule has 1 saturated heterocycles. The van der Waals surface area contributed by atoms with E-state index in [9.17, 15) is 4.79 Å². The zero-order chi connectivity index (χ0) is 20.1. The van der Waals surface area contributed by atoms with Crippen molar-refractivity contribution in [2.24, 2.45) is 0 Å². The Kier molecular flexibility index (Phi) is 5.83. The van der Waals surface area contributed by atoms with E-state index in [2.05, 4.69) is 35.9 Å². The minimum Gasteiger partial charge on any atom is -0.351 e. The van der Waals surface area contributed by atoms with Crippen LogP contribution in [-0.4, -0.2) is 29.8 Å². The first kappa shape index (κ1) is 19.5. The third-order valence-corrected chi connectivity index (χ3v) is 5.41. The molecule has 2 aliphatic heterocycles. The Hall–Kier alpha value is -2.83. The van der Waals surface area contributed by atoms with E-state index in [0.29, 0.717) is 13.1 Å². The van der Waals surface area contributed by atoms with Gasteiger partial charge in [-0.05, 0) is 42.5 Å². The van der Waals surface area contributed by atoms with Gasteiger partial charge in [0, 0.05) is 18.8 Å². The molecule has 0 saturated carbocycles. The molecular weight excluding hydrogens is 366 g/mol. The smallest absolute Gasteiger partial charge is 0.351 e. The molecule has 152 valence electrons. The molecule has 1 spiro atoms. The number of rotatable bonds is 5. The Morgan fingerprint density at radius 3 is 2.62 bits per heavy atom. The summed E-state index contributed by atoms with van der Waals surface area (Å²) in [6.45, 7) is 3.35. The number of nitrogens with zero attached hydrogens (tertiary/aromatic N) is 1. The molecule has 6 nitrogen and oxygen atoms in total. The molecule has 2 aliphatic rings. The fourth-order valence-corrected chi connectivity index (χ4v) is 3.82. The normalized spacial score (nSPS) is 18.2. The second-order valence-electron chi connectivity index (χ2n) is 7.53. The van der Waals surface area contributed by atoms with Crippen LogP contribution in [0.2, 0.25) is 0 Å². The predicted molar refractivity (Wildman–Crippen MR) is 113 cm³/mol. The minimum absolute atomic E-state index is 0.352. The van der Waals surface area contributed by atoms with Gasteiger partial charge in [0.1, 0.15) is 5.60 Å². The Bertz CT molecular complexity index is 874. The molecule has 0 aliphatic carbocycles. The first-order valence-corrected chi connectivity index (χ1v) is 10.2. The zero-order valence-electron chi connectivity index (χ0n) is 16.7. The molecule has 1 fully saturated rings. The molecule has 4 rings (SSSR count). The van der Waals surface area contributed by atoms with Crippen molar-refractivity contribution in [1.29, 1.82) is 0 Å². The van der Waals surface area contributed by atoms with Crippen molar-refractivity contribution in [3.8, 4) is 0 Å². The lowest BCUT2D eigenvalue weighted by Gasteiger charge is -2.35. The number of aryl methyl sites for hydroxylation is 1. The number of para-hydroxylation sites is 1. The van der Waals surface area contributed by atoms with E-state index in [0.717, 1.165) is 48.2 Å². The predicted octanol–water partition coefficient (Wildman–Crippen LogP) is 4.51. The van der Waals surface area contributed by atoms with E-state index in [-0.39, 0.29) is 5.60 Å². The fourth-order valence-electron chi connectivity index (χ4n) is 3.82. The highest BCUT2D eigenvalue weighted by atomic mass is 16.7. The van der Waals surface area contributed by atoms with Crippen LogP contribution in [0.4, 0.5) is 10.5 Å². The Morgan fingerprint density at radius 2 is 1.86 bits per heavy atom. The number of anilines is 1. The third-order valence-electron chi connectivity index (χ3n) is 5.41. The van der Waals surface area contributed by atoms with Crippen LogP contribution in [-0.2, 0) is 16.1 Å². The Labute approximate surface area is 171 Å². The molecule has 2 aromatic rings. The zero-order valence-corrected chi connectivity index (χ0v) is 16.7. The van der Waals surface area contributed by atoms with E-state index >= 15 is 0 Å². The summed E-state index contributed by atoms with van der Waals surface area (Å²) in [5, 5.41) is 4.58. The lowest BCUT2D eigenvalue weighted by Crippen LogP contribution is -2.45. The van der Waals surface area contributed by atoms with E-state index in [1.165, 1.54) is 0 Å². The topological polar surface area (TPSA) is 62.8 Å². The van der Waals surface area contributed by atoms with Crippen molar-refractivity contribution in [1.82, 2.24) is 10.5 Å². The van der Waals surface area contributed by atoms with Gasteiger partial charge in [-0.1, -0.05) is 61.9 Å². The number of carbonyl (C=O) groups is 1. The number of piperidine rings is 1. The van der Waals surface area contributed by atoms with Crippen LogP contribution in [0.3, 0.4) is 0 Å². The summed E-state index contributed by atoms with van der Waals surface area (Å²) in [6.07, 6.45) is 5.14. The standard InChI is InChI=1S/C23H27N3O3/c1-2-8-18-11-6-7-12-20(18)24-22(27)28-26-15-13-23(14-16-26)17-21(25-29-23)19-9-4-3-5-10-19/h3-7,9-12,17,25H,2,8,13-16H2,1H3,(H,24,27). The van der Waals surface area contributed by atoms with Crippen LogP contribution < -0.4 is 10.8 Å². The summed E-state index contributed by atoms with van der Waals surface area (Å²) in [7, 11) is 0. The highest BCUT2D eigenvalue weighted by Crippen LogP contribution is 2.34. The van der Waals surface area contributed by atoms with Crippen molar-refractivity contribution in [3.05, 3.63) is 71.8 Å². The van der Waals surface area contributed by atoms with Crippen molar-refractivity contribution >= 4 is 17.5 Å².